The van der Waals surface area contributed by atoms with Crippen LogP contribution in [0.1, 0.15) is 19.4 Å². The van der Waals surface area contributed by atoms with E-state index in [4.69, 9.17) is 10.00 Å². The van der Waals surface area contributed by atoms with Crippen molar-refractivity contribution < 1.29 is 4.74 Å². The molecule has 0 radical (unpaired) electrons. The molecule has 1 aromatic carbocycles. The van der Waals surface area contributed by atoms with Crippen LogP contribution in [-0.2, 0) is 0 Å². The van der Waals surface area contributed by atoms with Crippen LogP contribution < -0.4 is 10.1 Å². The number of pyridine rings is 1. The maximum Gasteiger partial charge on any atom is 0.144 e. The van der Waals surface area contributed by atoms with E-state index in [1.807, 2.05) is 44.2 Å². The number of methoxy groups -OCH3 is 1. The minimum Gasteiger partial charge on any atom is -0.497 e. The monoisotopic (exact) mass is 267 g/mol. The topological polar surface area (TPSA) is 57.9 Å². The molecule has 0 atom stereocenters. The summed E-state index contributed by atoms with van der Waals surface area (Å²) >= 11 is 0. The number of hydrogen-bond donors (Lipinski definition) is 1. The molecule has 4 heteroatoms. The first-order valence-corrected chi connectivity index (χ1v) is 6.46. The minimum atomic E-state index is 0.218. The van der Waals surface area contributed by atoms with Gasteiger partial charge in [-0.2, -0.15) is 5.26 Å². The molecule has 0 unspecified atom stereocenters. The Kier molecular flexibility index (Phi) is 4.21. The molecule has 1 aromatic heterocycles. The molecule has 4 nitrogen and oxygen atoms in total. The van der Waals surface area contributed by atoms with E-state index in [0.29, 0.717) is 11.4 Å². The predicted molar refractivity (Wildman–Crippen MR) is 79.7 cm³/mol. The number of anilines is 1. The summed E-state index contributed by atoms with van der Waals surface area (Å²) in [7, 11) is 1.64. The zero-order chi connectivity index (χ0) is 14.5. The van der Waals surface area contributed by atoms with Gasteiger partial charge < -0.3 is 10.1 Å². The molecule has 1 N–H and O–H groups in total. The smallest absolute Gasteiger partial charge is 0.144 e. The Morgan fingerprint density at radius 2 is 2.05 bits per heavy atom. The Hall–Kier alpha value is -2.54. The Labute approximate surface area is 119 Å². The maximum atomic E-state index is 9.12. The van der Waals surface area contributed by atoms with E-state index in [2.05, 4.69) is 16.4 Å². The molecule has 0 aliphatic heterocycles. The van der Waals surface area contributed by atoms with Crippen molar-refractivity contribution in [1.82, 2.24) is 4.98 Å². The van der Waals surface area contributed by atoms with Gasteiger partial charge in [0.25, 0.3) is 0 Å². The Bertz CT molecular complexity index is 644. The summed E-state index contributed by atoms with van der Waals surface area (Å²) in [6.07, 6.45) is 0. The van der Waals surface area contributed by atoms with E-state index in [1.54, 1.807) is 13.2 Å². The third-order valence-corrected chi connectivity index (χ3v) is 2.81. The van der Waals surface area contributed by atoms with E-state index in [9.17, 15) is 0 Å². The minimum absolute atomic E-state index is 0.218. The number of hydrogen-bond acceptors (Lipinski definition) is 4. The third kappa shape index (κ3) is 3.07. The van der Waals surface area contributed by atoms with Crippen LogP contribution in [0.5, 0.6) is 5.75 Å². The molecular weight excluding hydrogens is 250 g/mol. The van der Waals surface area contributed by atoms with Crippen molar-refractivity contribution in [3.8, 4) is 23.1 Å². The van der Waals surface area contributed by atoms with Gasteiger partial charge in [0.2, 0.25) is 0 Å². The van der Waals surface area contributed by atoms with Crippen molar-refractivity contribution in [3.05, 3.63) is 42.0 Å². The van der Waals surface area contributed by atoms with Gasteiger partial charge in [0, 0.05) is 11.6 Å². The van der Waals surface area contributed by atoms with E-state index < -0.39 is 0 Å². The van der Waals surface area contributed by atoms with Gasteiger partial charge >= 0.3 is 0 Å². The summed E-state index contributed by atoms with van der Waals surface area (Å²) < 4.78 is 5.22. The number of nitriles is 1. The molecule has 0 aliphatic carbocycles. The van der Waals surface area contributed by atoms with Crippen molar-refractivity contribution >= 4 is 5.82 Å². The van der Waals surface area contributed by atoms with Gasteiger partial charge in [0.05, 0.1) is 18.4 Å². The number of ether oxygens (including phenoxy) is 1. The van der Waals surface area contributed by atoms with E-state index in [-0.39, 0.29) is 6.04 Å². The summed E-state index contributed by atoms with van der Waals surface area (Å²) in [5, 5.41) is 12.3. The molecule has 1 heterocycles. The maximum absolute atomic E-state index is 9.12. The van der Waals surface area contributed by atoms with Gasteiger partial charge in [0.15, 0.2) is 0 Å². The fourth-order valence-corrected chi connectivity index (χ4v) is 1.88. The van der Waals surface area contributed by atoms with Gasteiger partial charge in [-0.1, -0.05) is 12.1 Å². The number of nitrogens with zero attached hydrogens (tertiary/aromatic N) is 2. The average molecular weight is 267 g/mol. The predicted octanol–water partition coefficient (Wildman–Crippen LogP) is 3.45. The lowest BCUT2D eigenvalue weighted by Gasteiger charge is -2.12. The summed E-state index contributed by atoms with van der Waals surface area (Å²) in [6.45, 7) is 4.03. The lowest BCUT2D eigenvalue weighted by molar-refractivity contribution is 0.415. The molecule has 0 aliphatic rings. The standard InChI is InChI=1S/C16H17N3O/c1-11(2)18-16-13(10-17)7-8-15(19-16)12-5-4-6-14(9-12)20-3/h4-9,11H,1-3H3,(H,18,19). The van der Waals surface area contributed by atoms with Crippen LogP contribution in [0.4, 0.5) is 5.82 Å². The molecule has 0 saturated carbocycles. The molecule has 102 valence electrons. The van der Waals surface area contributed by atoms with Crippen molar-refractivity contribution in [3.63, 3.8) is 0 Å². The van der Waals surface area contributed by atoms with Crippen LogP contribution in [-0.4, -0.2) is 18.1 Å². The Morgan fingerprint density at radius 1 is 1.25 bits per heavy atom. The quantitative estimate of drug-likeness (QED) is 0.921. The van der Waals surface area contributed by atoms with E-state index >= 15 is 0 Å². The van der Waals surface area contributed by atoms with Gasteiger partial charge in [-0.05, 0) is 38.1 Å². The highest BCUT2D eigenvalue weighted by Crippen LogP contribution is 2.25. The third-order valence-electron chi connectivity index (χ3n) is 2.81. The zero-order valence-corrected chi connectivity index (χ0v) is 11.8. The number of aromatic nitrogens is 1. The van der Waals surface area contributed by atoms with Crippen molar-refractivity contribution in [2.75, 3.05) is 12.4 Å². The second kappa shape index (κ2) is 6.07. The summed E-state index contributed by atoms with van der Waals surface area (Å²) in [4.78, 5) is 4.54. The molecule has 0 spiro atoms. The van der Waals surface area contributed by atoms with Crippen LogP contribution >= 0.6 is 0 Å². The highest BCUT2D eigenvalue weighted by molar-refractivity contribution is 5.66. The van der Waals surface area contributed by atoms with Crippen molar-refractivity contribution in [1.29, 1.82) is 5.26 Å². The van der Waals surface area contributed by atoms with Gasteiger partial charge in [-0.15, -0.1) is 0 Å². The van der Waals surface area contributed by atoms with Gasteiger partial charge in [-0.3, -0.25) is 0 Å². The number of benzene rings is 1. The highest BCUT2D eigenvalue weighted by atomic mass is 16.5. The van der Waals surface area contributed by atoms with Crippen molar-refractivity contribution in [2.45, 2.75) is 19.9 Å². The summed E-state index contributed by atoms with van der Waals surface area (Å²) in [6, 6.07) is 13.7. The molecule has 0 saturated heterocycles. The van der Waals surface area contributed by atoms with Gasteiger partial charge in [-0.25, -0.2) is 4.98 Å². The van der Waals surface area contributed by atoms with E-state index in [1.165, 1.54) is 0 Å². The van der Waals surface area contributed by atoms with Crippen LogP contribution in [0.3, 0.4) is 0 Å². The lowest BCUT2D eigenvalue weighted by atomic mass is 10.1. The molecule has 0 fully saturated rings. The average Bonchev–Trinajstić information content (AvgIpc) is 2.46. The fraction of sp³-hybridized carbons (Fsp3) is 0.250. The second-order valence-corrected chi connectivity index (χ2v) is 4.74. The highest BCUT2D eigenvalue weighted by Gasteiger charge is 2.08. The normalized spacial score (nSPS) is 10.2. The molecule has 2 rings (SSSR count). The molecule has 0 bridgehead atoms. The van der Waals surface area contributed by atoms with Gasteiger partial charge in [0.1, 0.15) is 17.6 Å². The summed E-state index contributed by atoms with van der Waals surface area (Å²) in [5.74, 6) is 1.40. The van der Waals surface area contributed by atoms with Crippen LogP contribution in [0.2, 0.25) is 0 Å². The van der Waals surface area contributed by atoms with Crippen LogP contribution in [0, 0.1) is 11.3 Å². The molecule has 2 aromatic rings. The van der Waals surface area contributed by atoms with Crippen LogP contribution in [0.25, 0.3) is 11.3 Å². The molecule has 0 amide bonds. The SMILES string of the molecule is COc1cccc(-c2ccc(C#N)c(NC(C)C)n2)c1. The Balaban J connectivity index is 2.44. The van der Waals surface area contributed by atoms with Crippen LogP contribution in [0.15, 0.2) is 36.4 Å². The first-order chi connectivity index (χ1) is 9.63. The number of rotatable bonds is 4. The molecule has 20 heavy (non-hydrogen) atoms. The summed E-state index contributed by atoms with van der Waals surface area (Å²) in [5.41, 5.74) is 2.32. The first-order valence-electron chi connectivity index (χ1n) is 6.46. The number of nitrogens with one attached hydrogen (secondary N) is 1. The second-order valence-electron chi connectivity index (χ2n) is 4.74. The van der Waals surface area contributed by atoms with E-state index in [0.717, 1.165) is 17.0 Å². The largest absolute Gasteiger partial charge is 0.497 e. The molecular formula is C16H17N3O. The Morgan fingerprint density at radius 3 is 2.70 bits per heavy atom. The zero-order valence-electron chi connectivity index (χ0n) is 11.8. The van der Waals surface area contributed by atoms with Crippen molar-refractivity contribution in [2.24, 2.45) is 0 Å². The fourth-order valence-electron chi connectivity index (χ4n) is 1.88. The first kappa shape index (κ1) is 13.9. The lowest BCUT2D eigenvalue weighted by Crippen LogP contribution is -2.12.